The van der Waals surface area contributed by atoms with Crippen LogP contribution in [0.4, 0.5) is 14.9 Å². The van der Waals surface area contributed by atoms with E-state index in [1.807, 2.05) is 41.0 Å². The summed E-state index contributed by atoms with van der Waals surface area (Å²) in [5.41, 5.74) is 2.01. The van der Waals surface area contributed by atoms with Gasteiger partial charge in [0.15, 0.2) is 0 Å². The molecule has 240 valence electrons. The van der Waals surface area contributed by atoms with Crippen LogP contribution in [0.5, 0.6) is 0 Å². The Hall–Kier alpha value is -5.33. The van der Waals surface area contributed by atoms with Crippen LogP contribution in [-0.4, -0.2) is 80.6 Å². The van der Waals surface area contributed by atoms with E-state index in [0.717, 1.165) is 28.8 Å². The Bertz CT molecular complexity index is 1630. The Labute approximate surface area is 261 Å². The zero-order valence-electron chi connectivity index (χ0n) is 26.2. The highest BCUT2D eigenvalue weighted by Gasteiger charge is 2.14. The van der Waals surface area contributed by atoms with Gasteiger partial charge in [0.25, 0.3) is 5.56 Å². The SMILES string of the molecule is CCCC/C=C/C(=O)N(C)C.CN(C)C(=O)O.O=CNc1cncn(Cc2nc3cc(F)ccc3n2Cc2ccccc2)c1=O. The molecule has 2 heterocycles. The number of imidazole rings is 1. The third-order valence-electron chi connectivity index (χ3n) is 6.21. The van der Waals surface area contributed by atoms with Gasteiger partial charge in [0.2, 0.25) is 12.3 Å². The molecule has 2 aromatic carbocycles. The van der Waals surface area contributed by atoms with Gasteiger partial charge in [0.1, 0.15) is 17.3 Å². The van der Waals surface area contributed by atoms with Crippen molar-refractivity contribution in [2.45, 2.75) is 39.3 Å². The van der Waals surface area contributed by atoms with Gasteiger partial charge in [-0.1, -0.05) is 56.2 Å². The molecular weight excluding hydrogens is 581 g/mol. The molecule has 0 aliphatic heterocycles. The molecule has 0 saturated heterocycles. The summed E-state index contributed by atoms with van der Waals surface area (Å²) in [5, 5.41) is 10.3. The summed E-state index contributed by atoms with van der Waals surface area (Å²) in [7, 11) is 6.46. The van der Waals surface area contributed by atoms with Crippen molar-refractivity contribution in [3.05, 3.63) is 101 Å². The van der Waals surface area contributed by atoms with Gasteiger partial charge >= 0.3 is 6.09 Å². The van der Waals surface area contributed by atoms with Crippen molar-refractivity contribution in [3.8, 4) is 0 Å². The second kappa shape index (κ2) is 18.4. The lowest BCUT2D eigenvalue weighted by molar-refractivity contribution is -0.123. The van der Waals surface area contributed by atoms with Gasteiger partial charge in [-0.25, -0.2) is 19.2 Å². The summed E-state index contributed by atoms with van der Waals surface area (Å²) in [6, 6.07) is 14.2. The van der Waals surface area contributed by atoms with Gasteiger partial charge in [-0.2, -0.15) is 0 Å². The van der Waals surface area contributed by atoms with Crippen LogP contribution in [0.15, 0.2) is 78.0 Å². The number of carbonyl (C=O) groups excluding carboxylic acids is 2. The second-order valence-corrected chi connectivity index (χ2v) is 10.2. The molecule has 4 rings (SSSR count). The van der Waals surface area contributed by atoms with E-state index in [-0.39, 0.29) is 24.0 Å². The Kier molecular flexibility index (Phi) is 14.6. The van der Waals surface area contributed by atoms with Crippen molar-refractivity contribution < 1.29 is 23.9 Å². The number of fused-ring (bicyclic) bond motifs is 1. The molecule has 0 atom stereocenters. The second-order valence-electron chi connectivity index (χ2n) is 10.2. The average Bonchev–Trinajstić information content (AvgIpc) is 3.33. The number of allylic oxidation sites excluding steroid dienone is 1. The number of carbonyl (C=O) groups is 3. The lowest BCUT2D eigenvalue weighted by Crippen LogP contribution is -2.25. The summed E-state index contributed by atoms with van der Waals surface area (Å²) in [4.78, 5) is 54.9. The molecule has 2 aromatic heterocycles. The number of amides is 3. The van der Waals surface area contributed by atoms with Crippen molar-refractivity contribution in [2.75, 3.05) is 33.5 Å². The van der Waals surface area contributed by atoms with Crippen molar-refractivity contribution in [3.63, 3.8) is 0 Å². The summed E-state index contributed by atoms with van der Waals surface area (Å²) >= 11 is 0. The maximum Gasteiger partial charge on any atom is 0.406 e. The quantitative estimate of drug-likeness (QED) is 0.151. The number of hydrogen-bond acceptors (Lipinski definition) is 6. The van der Waals surface area contributed by atoms with Crippen LogP contribution in [0, 0.1) is 5.82 Å². The predicted molar refractivity (Wildman–Crippen MR) is 172 cm³/mol. The van der Waals surface area contributed by atoms with Crippen LogP contribution in [0.3, 0.4) is 0 Å². The third-order valence-corrected chi connectivity index (χ3v) is 6.21. The molecular formula is C32H40FN7O5. The van der Waals surface area contributed by atoms with Crippen molar-refractivity contribution in [1.29, 1.82) is 0 Å². The Balaban J connectivity index is 0.000000344. The number of anilines is 1. The Morgan fingerprint density at radius 2 is 1.73 bits per heavy atom. The topological polar surface area (TPSA) is 143 Å². The number of rotatable bonds is 10. The zero-order chi connectivity index (χ0) is 33.4. The number of halogens is 1. The number of nitrogens with one attached hydrogen (secondary N) is 1. The molecule has 45 heavy (non-hydrogen) atoms. The smallest absolute Gasteiger partial charge is 0.406 e. The van der Waals surface area contributed by atoms with Gasteiger partial charge in [-0.3, -0.25) is 19.0 Å². The minimum atomic E-state index is -0.907. The van der Waals surface area contributed by atoms with E-state index in [2.05, 4.69) is 22.2 Å². The first kappa shape index (κ1) is 35.9. The van der Waals surface area contributed by atoms with Gasteiger partial charge in [-0.05, 0) is 30.2 Å². The number of carboxylic acid groups (broad SMARTS) is 1. The average molecular weight is 622 g/mol. The maximum atomic E-state index is 13.7. The first-order valence-electron chi connectivity index (χ1n) is 14.2. The molecule has 12 nitrogen and oxygen atoms in total. The van der Waals surface area contributed by atoms with E-state index in [1.165, 1.54) is 49.7 Å². The van der Waals surface area contributed by atoms with E-state index >= 15 is 0 Å². The fourth-order valence-electron chi connectivity index (χ4n) is 3.75. The largest absolute Gasteiger partial charge is 0.465 e. The number of nitrogens with zero attached hydrogens (tertiary/aromatic N) is 6. The van der Waals surface area contributed by atoms with Crippen molar-refractivity contribution in [1.82, 2.24) is 28.9 Å². The van der Waals surface area contributed by atoms with Crippen LogP contribution >= 0.6 is 0 Å². The highest BCUT2D eigenvalue weighted by molar-refractivity contribution is 5.87. The molecule has 0 radical (unpaired) electrons. The van der Waals surface area contributed by atoms with E-state index in [4.69, 9.17) is 5.11 Å². The standard InChI is InChI=1S/C20H16FN5O2.C9H17NO.C3H7NO2/c21-15-6-7-18-16(8-15)24-19(26(18)10-14-4-2-1-3-5-14)11-25-12-22-9-17(20(25)28)23-13-27;1-4-5-6-7-8-9(11)10(2)3;1-4(2)3(5)6/h1-9,12-13H,10-11H2,(H,23,27);7-8H,4-6H2,1-3H3;1-2H3,(H,5,6)/b;8-7+;. The monoisotopic (exact) mass is 621 g/mol. The molecule has 0 saturated carbocycles. The van der Waals surface area contributed by atoms with Crippen LogP contribution in [0.2, 0.25) is 0 Å². The van der Waals surface area contributed by atoms with Gasteiger partial charge in [0, 0.05) is 40.8 Å². The molecule has 0 aliphatic rings. The molecule has 3 amide bonds. The fraction of sp³-hybridized carbons (Fsp3) is 0.312. The summed E-state index contributed by atoms with van der Waals surface area (Å²) < 4.78 is 17.0. The number of likely N-dealkylation sites (N-methyl/N-ethyl adjacent to an activating group) is 1. The fourth-order valence-corrected chi connectivity index (χ4v) is 3.75. The molecule has 2 N–H and O–H groups in total. The highest BCUT2D eigenvalue weighted by Crippen LogP contribution is 2.20. The lowest BCUT2D eigenvalue weighted by Gasteiger charge is -2.11. The van der Waals surface area contributed by atoms with Crippen LogP contribution in [0.25, 0.3) is 11.0 Å². The molecule has 0 spiro atoms. The first-order chi connectivity index (χ1) is 21.5. The summed E-state index contributed by atoms with van der Waals surface area (Å²) in [5.74, 6) is 0.275. The van der Waals surface area contributed by atoms with E-state index in [1.54, 1.807) is 31.1 Å². The Morgan fingerprint density at radius 3 is 2.33 bits per heavy atom. The van der Waals surface area contributed by atoms with Gasteiger partial charge in [0.05, 0.1) is 30.1 Å². The van der Waals surface area contributed by atoms with Crippen molar-refractivity contribution >= 4 is 35.1 Å². The normalized spacial score (nSPS) is 10.4. The molecule has 13 heteroatoms. The third kappa shape index (κ3) is 11.7. The number of unbranched alkanes of at least 4 members (excludes halogenated alkanes) is 2. The minimum Gasteiger partial charge on any atom is -0.465 e. The van der Waals surface area contributed by atoms with E-state index < -0.39 is 11.7 Å². The number of hydrogen-bond donors (Lipinski definition) is 2. The highest BCUT2D eigenvalue weighted by atomic mass is 19.1. The van der Waals surface area contributed by atoms with Crippen LogP contribution in [-0.2, 0) is 22.7 Å². The maximum absolute atomic E-state index is 13.7. The zero-order valence-corrected chi connectivity index (χ0v) is 26.2. The van der Waals surface area contributed by atoms with Crippen LogP contribution in [0.1, 0.15) is 37.6 Å². The lowest BCUT2D eigenvalue weighted by atomic mass is 10.2. The Morgan fingerprint density at radius 1 is 1.04 bits per heavy atom. The summed E-state index contributed by atoms with van der Waals surface area (Å²) in [6.07, 6.45) is 9.11. The minimum absolute atomic E-state index is 0.0705. The predicted octanol–water partition coefficient (Wildman–Crippen LogP) is 4.44. The molecule has 4 aromatic rings. The molecule has 0 fully saturated rings. The van der Waals surface area contributed by atoms with E-state index in [0.29, 0.717) is 24.3 Å². The van der Waals surface area contributed by atoms with Gasteiger partial charge in [-0.15, -0.1) is 0 Å². The van der Waals surface area contributed by atoms with Crippen molar-refractivity contribution in [2.24, 2.45) is 0 Å². The molecule has 0 aliphatic carbocycles. The van der Waals surface area contributed by atoms with E-state index in [9.17, 15) is 23.6 Å². The van der Waals surface area contributed by atoms with Crippen LogP contribution < -0.4 is 10.9 Å². The summed E-state index contributed by atoms with van der Waals surface area (Å²) in [6.45, 7) is 2.79. The number of aromatic nitrogens is 4. The molecule has 0 unspecified atom stereocenters. The number of benzene rings is 2. The molecule has 0 bridgehead atoms. The first-order valence-corrected chi connectivity index (χ1v) is 14.2. The van der Waals surface area contributed by atoms with Gasteiger partial charge < -0.3 is 24.8 Å².